The van der Waals surface area contributed by atoms with Crippen molar-refractivity contribution in [3.05, 3.63) is 48.0 Å². The minimum Gasteiger partial charge on any atom is -0.483 e. The fourth-order valence-corrected chi connectivity index (χ4v) is 1.25. The molecule has 172 valence electrons. The average molecular weight is 438 g/mol. The molecule has 0 saturated carbocycles. The molecule has 0 aliphatic carbocycles. The molecule has 0 spiro atoms. The number of alkyl halides is 3. The molecule has 1 aromatic carbocycles. The van der Waals surface area contributed by atoms with Crippen LogP contribution < -0.4 is 5.73 Å². The monoisotopic (exact) mass is 438 g/mol. The van der Waals surface area contributed by atoms with Crippen LogP contribution in [0.4, 0.5) is 13.2 Å². The molecular weight excluding hydrogens is 409 g/mol. The van der Waals surface area contributed by atoms with Crippen LogP contribution in [0.3, 0.4) is 0 Å². The summed E-state index contributed by atoms with van der Waals surface area (Å²) >= 11 is 0. The highest BCUT2D eigenvalue weighted by molar-refractivity contribution is 5.79. The lowest BCUT2D eigenvalue weighted by Gasteiger charge is -2.05. The van der Waals surface area contributed by atoms with Crippen molar-refractivity contribution in [2.24, 2.45) is 10.9 Å². The summed E-state index contributed by atoms with van der Waals surface area (Å²) < 4.78 is 41.4. The van der Waals surface area contributed by atoms with Gasteiger partial charge in [-0.3, -0.25) is 4.79 Å². The van der Waals surface area contributed by atoms with Crippen LogP contribution in [0, 0.1) is 0 Å². The fourth-order valence-electron chi connectivity index (χ4n) is 1.25. The van der Waals surface area contributed by atoms with E-state index in [4.69, 9.17) is 30.3 Å². The van der Waals surface area contributed by atoms with Gasteiger partial charge in [0.05, 0.1) is 11.8 Å². The van der Waals surface area contributed by atoms with E-state index in [0.29, 0.717) is 12.1 Å². The maximum Gasteiger partial charge on any atom is 0.416 e. The Morgan fingerprint density at radius 1 is 1.27 bits per heavy atom. The van der Waals surface area contributed by atoms with Crippen LogP contribution in [0.5, 0.6) is 0 Å². The molecule has 0 atom stereocenters. The Labute approximate surface area is 173 Å². The molecule has 0 unspecified atom stereocenters. The molecule has 11 heteroatoms. The van der Waals surface area contributed by atoms with Crippen molar-refractivity contribution >= 4 is 18.7 Å². The zero-order chi connectivity index (χ0) is 23.8. The number of nitrogens with two attached hydrogens (primary N) is 1. The standard InChI is InChI=1S/C10H11F3N2O.C5H12O.C3H4O2.CH2O2/c11-10(12,13)9-3-1-8(2-4-9)7-15-16-6-5-14;1-3-4-5-6-2;1-2-3(4)5;2-1-3/h1-4,7H,5-6,14H2;3-5H2,1-2H3;2H,1H2,(H,4,5);1H,(H,2,3)/b15-7+;;;. The van der Waals surface area contributed by atoms with Crippen molar-refractivity contribution in [2.75, 3.05) is 26.9 Å². The highest BCUT2D eigenvalue weighted by Gasteiger charge is 2.29. The molecular formula is C19H29F3N2O6. The number of hydrogen-bond donors (Lipinski definition) is 3. The molecule has 0 amide bonds. The van der Waals surface area contributed by atoms with E-state index in [9.17, 15) is 18.0 Å². The van der Waals surface area contributed by atoms with Crippen LogP contribution in [0.1, 0.15) is 30.9 Å². The third-order valence-electron chi connectivity index (χ3n) is 2.60. The van der Waals surface area contributed by atoms with Gasteiger partial charge in [0.15, 0.2) is 0 Å². The Bertz CT molecular complexity index is 575. The highest BCUT2D eigenvalue weighted by Crippen LogP contribution is 2.28. The van der Waals surface area contributed by atoms with E-state index in [-0.39, 0.29) is 13.1 Å². The third kappa shape index (κ3) is 25.1. The van der Waals surface area contributed by atoms with Crippen LogP contribution in [-0.4, -0.2) is 55.7 Å². The lowest BCUT2D eigenvalue weighted by Crippen LogP contribution is -2.05. The van der Waals surface area contributed by atoms with E-state index in [1.807, 2.05) is 0 Å². The fraction of sp³-hybridized carbons (Fsp3) is 0.421. The van der Waals surface area contributed by atoms with Crippen molar-refractivity contribution in [3.8, 4) is 0 Å². The van der Waals surface area contributed by atoms with Gasteiger partial charge in [0.25, 0.3) is 6.47 Å². The van der Waals surface area contributed by atoms with Crippen LogP contribution in [-0.2, 0) is 25.3 Å². The molecule has 1 aromatic rings. The summed E-state index contributed by atoms with van der Waals surface area (Å²) in [5.41, 5.74) is 5.00. The van der Waals surface area contributed by atoms with E-state index >= 15 is 0 Å². The normalized spacial score (nSPS) is 9.67. The van der Waals surface area contributed by atoms with Crippen molar-refractivity contribution < 1.29 is 42.5 Å². The Balaban J connectivity index is -0.000000428. The molecule has 0 aliphatic heterocycles. The molecule has 4 N–H and O–H groups in total. The van der Waals surface area contributed by atoms with Crippen molar-refractivity contribution in [3.63, 3.8) is 0 Å². The molecule has 30 heavy (non-hydrogen) atoms. The number of hydrogen-bond acceptors (Lipinski definition) is 6. The van der Waals surface area contributed by atoms with Crippen LogP contribution in [0.15, 0.2) is 42.1 Å². The van der Waals surface area contributed by atoms with E-state index in [1.54, 1.807) is 7.11 Å². The molecule has 0 bridgehead atoms. The van der Waals surface area contributed by atoms with Crippen LogP contribution in [0.2, 0.25) is 0 Å². The Morgan fingerprint density at radius 2 is 1.77 bits per heavy atom. The first-order valence-electron chi connectivity index (χ1n) is 8.59. The Morgan fingerprint density at radius 3 is 2.07 bits per heavy atom. The second-order valence-corrected chi connectivity index (χ2v) is 4.97. The van der Waals surface area contributed by atoms with Gasteiger partial charge in [0, 0.05) is 26.3 Å². The zero-order valence-electron chi connectivity index (χ0n) is 17.0. The van der Waals surface area contributed by atoms with Gasteiger partial charge in [-0.1, -0.05) is 37.2 Å². The van der Waals surface area contributed by atoms with Crippen LogP contribution in [0.25, 0.3) is 0 Å². The van der Waals surface area contributed by atoms with Crippen molar-refractivity contribution in [1.29, 1.82) is 0 Å². The molecule has 0 heterocycles. The first-order valence-corrected chi connectivity index (χ1v) is 8.59. The lowest BCUT2D eigenvalue weighted by molar-refractivity contribution is -0.137. The topological polar surface area (TPSA) is 131 Å². The summed E-state index contributed by atoms with van der Waals surface area (Å²) in [4.78, 5) is 22.3. The maximum absolute atomic E-state index is 12.2. The second kappa shape index (κ2) is 22.4. The van der Waals surface area contributed by atoms with E-state index in [1.165, 1.54) is 31.2 Å². The van der Waals surface area contributed by atoms with Crippen molar-refractivity contribution in [2.45, 2.75) is 25.9 Å². The number of carboxylic acids is 1. The number of carboxylic acid groups (broad SMARTS) is 2. The van der Waals surface area contributed by atoms with E-state index < -0.39 is 17.7 Å². The number of benzene rings is 1. The van der Waals surface area contributed by atoms with Crippen molar-refractivity contribution in [1.82, 2.24) is 0 Å². The predicted octanol–water partition coefficient (Wildman–Crippen LogP) is 3.41. The molecule has 0 fully saturated rings. The lowest BCUT2D eigenvalue weighted by atomic mass is 10.1. The Hall–Kier alpha value is -2.92. The van der Waals surface area contributed by atoms with E-state index in [2.05, 4.69) is 18.7 Å². The van der Waals surface area contributed by atoms with Gasteiger partial charge in [-0.05, 0) is 24.1 Å². The number of rotatable bonds is 8. The summed E-state index contributed by atoms with van der Waals surface area (Å²) in [6.07, 6.45) is 0.270. The van der Waals surface area contributed by atoms with Crippen LogP contribution >= 0.6 is 0 Å². The smallest absolute Gasteiger partial charge is 0.416 e. The van der Waals surface area contributed by atoms with Gasteiger partial charge in [-0.15, -0.1) is 0 Å². The molecule has 0 aromatic heterocycles. The second-order valence-electron chi connectivity index (χ2n) is 4.97. The number of ether oxygens (including phenoxy) is 1. The summed E-state index contributed by atoms with van der Waals surface area (Å²) in [5.74, 6) is -0.981. The molecule has 0 saturated heterocycles. The maximum atomic E-state index is 12.2. The molecule has 8 nitrogen and oxygen atoms in total. The number of nitrogens with zero attached hydrogens (tertiary/aromatic N) is 1. The minimum absolute atomic E-state index is 0.250. The summed E-state index contributed by atoms with van der Waals surface area (Å²) in [6.45, 7) is 6.39. The third-order valence-corrected chi connectivity index (χ3v) is 2.60. The zero-order valence-corrected chi connectivity index (χ0v) is 17.0. The van der Waals surface area contributed by atoms with Gasteiger partial charge in [0.2, 0.25) is 0 Å². The van der Waals surface area contributed by atoms with Gasteiger partial charge in [0.1, 0.15) is 6.61 Å². The largest absolute Gasteiger partial charge is 0.483 e. The average Bonchev–Trinajstić information content (AvgIpc) is 2.71. The van der Waals surface area contributed by atoms with Gasteiger partial charge >= 0.3 is 12.1 Å². The number of aliphatic carboxylic acids is 1. The Kier molecular flexibility index (Phi) is 23.7. The van der Waals surface area contributed by atoms with Gasteiger partial charge in [-0.25, -0.2) is 4.79 Å². The molecule has 0 aliphatic rings. The van der Waals surface area contributed by atoms with E-state index in [0.717, 1.165) is 24.8 Å². The highest BCUT2D eigenvalue weighted by atomic mass is 19.4. The number of carbonyl (C=O) groups is 2. The number of oxime groups is 1. The predicted molar refractivity (Wildman–Crippen MR) is 107 cm³/mol. The summed E-state index contributed by atoms with van der Waals surface area (Å²) in [7, 11) is 1.73. The molecule has 0 radical (unpaired) electrons. The summed E-state index contributed by atoms with van der Waals surface area (Å²) in [6, 6.07) is 4.62. The number of halogens is 3. The first kappa shape index (κ1) is 31.8. The number of unbranched alkanes of at least 4 members (excludes halogenated alkanes) is 1. The first-order chi connectivity index (χ1) is 14.1. The molecule has 1 rings (SSSR count). The van der Waals surface area contributed by atoms with Gasteiger partial charge < -0.3 is 25.5 Å². The quantitative estimate of drug-likeness (QED) is 0.186. The van der Waals surface area contributed by atoms with Gasteiger partial charge in [-0.2, -0.15) is 13.2 Å². The SMILES string of the molecule is C=CC(=O)O.CCCCOC.NCCO/N=C/c1ccc(C(F)(F)F)cc1.O=CO. The number of methoxy groups -OCH3 is 1. The summed E-state index contributed by atoms with van der Waals surface area (Å²) in [5, 5.41) is 18.0. The minimum atomic E-state index is -4.31.